The molecule has 2 N–H and O–H groups in total. The monoisotopic (exact) mass is 190 g/mol. The van der Waals surface area contributed by atoms with Crippen LogP contribution in [0.25, 0.3) is 10.9 Å². The van der Waals surface area contributed by atoms with Crippen molar-refractivity contribution in [3.8, 4) is 0 Å². The molecule has 0 bridgehead atoms. The molecule has 1 atom stereocenters. The zero-order valence-electron chi connectivity index (χ0n) is 7.65. The summed E-state index contributed by atoms with van der Waals surface area (Å²) in [5, 5.41) is 0.931. The van der Waals surface area contributed by atoms with Crippen LogP contribution in [0.5, 0.6) is 0 Å². The van der Waals surface area contributed by atoms with Crippen molar-refractivity contribution in [1.29, 1.82) is 0 Å². The molecule has 72 valence electrons. The van der Waals surface area contributed by atoms with Crippen LogP contribution < -0.4 is 5.73 Å². The number of hydrogen-bond donors (Lipinski definition) is 1. The summed E-state index contributed by atoms with van der Waals surface area (Å²) in [5.74, 6) is 0. The second kappa shape index (κ2) is 3.72. The molecule has 2 rings (SSSR count). The Morgan fingerprint density at radius 1 is 1.29 bits per heavy atom. The molecule has 2 nitrogen and oxygen atoms in total. The SMILES string of the molecule is N[C@H](CF)c1ccnc2ccccc12. The van der Waals surface area contributed by atoms with Crippen molar-refractivity contribution in [2.45, 2.75) is 6.04 Å². The van der Waals surface area contributed by atoms with Gasteiger partial charge in [0.25, 0.3) is 0 Å². The molecule has 14 heavy (non-hydrogen) atoms. The van der Waals surface area contributed by atoms with Gasteiger partial charge >= 0.3 is 0 Å². The Balaban J connectivity index is 2.65. The molecule has 0 saturated carbocycles. The van der Waals surface area contributed by atoms with Crippen molar-refractivity contribution in [3.05, 3.63) is 42.1 Å². The average Bonchev–Trinajstić information content (AvgIpc) is 2.27. The van der Waals surface area contributed by atoms with Crippen LogP contribution >= 0.6 is 0 Å². The van der Waals surface area contributed by atoms with Crippen molar-refractivity contribution in [3.63, 3.8) is 0 Å². The fraction of sp³-hybridized carbons (Fsp3) is 0.182. The van der Waals surface area contributed by atoms with E-state index in [2.05, 4.69) is 4.98 Å². The quantitative estimate of drug-likeness (QED) is 0.788. The molecule has 1 aromatic carbocycles. The van der Waals surface area contributed by atoms with Crippen LogP contribution in [0.2, 0.25) is 0 Å². The highest BCUT2D eigenvalue weighted by Crippen LogP contribution is 2.21. The predicted octanol–water partition coefficient (Wildman–Crippen LogP) is 2.20. The van der Waals surface area contributed by atoms with E-state index in [1.54, 1.807) is 12.3 Å². The van der Waals surface area contributed by atoms with Gasteiger partial charge in [0.2, 0.25) is 0 Å². The number of fused-ring (bicyclic) bond motifs is 1. The Morgan fingerprint density at radius 2 is 2.07 bits per heavy atom. The lowest BCUT2D eigenvalue weighted by Gasteiger charge is -2.09. The van der Waals surface area contributed by atoms with Crippen LogP contribution in [0.4, 0.5) is 4.39 Å². The second-order valence-corrected chi connectivity index (χ2v) is 3.18. The molecular formula is C11H11FN2. The highest BCUT2D eigenvalue weighted by Gasteiger charge is 2.08. The van der Waals surface area contributed by atoms with E-state index in [0.29, 0.717) is 0 Å². The van der Waals surface area contributed by atoms with E-state index < -0.39 is 12.7 Å². The number of para-hydroxylation sites is 1. The fourth-order valence-corrected chi connectivity index (χ4v) is 1.52. The van der Waals surface area contributed by atoms with E-state index in [9.17, 15) is 4.39 Å². The van der Waals surface area contributed by atoms with E-state index in [4.69, 9.17) is 5.73 Å². The number of aromatic nitrogens is 1. The summed E-state index contributed by atoms with van der Waals surface area (Å²) in [5.41, 5.74) is 7.33. The Hall–Kier alpha value is -1.48. The van der Waals surface area contributed by atoms with Crippen molar-refractivity contribution in [2.75, 3.05) is 6.67 Å². The van der Waals surface area contributed by atoms with Crippen molar-refractivity contribution in [2.24, 2.45) is 5.73 Å². The van der Waals surface area contributed by atoms with Crippen molar-refractivity contribution in [1.82, 2.24) is 4.98 Å². The summed E-state index contributed by atoms with van der Waals surface area (Å²) in [7, 11) is 0. The van der Waals surface area contributed by atoms with Crippen molar-refractivity contribution < 1.29 is 4.39 Å². The normalized spacial score (nSPS) is 13.0. The lowest BCUT2D eigenvalue weighted by Crippen LogP contribution is -2.12. The first-order valence-corrected chi connectivity index (χ1v) is 4.48. The minimum Gasteiger partial charge on any atom is -0.322 e. The summed E-state index contributed by atoms with van der Waals surface area (Å²) >= 11 is 0. The van der Waals surface area contributed by atoms with Gasteiger partial charge in [-0.2, -0.15) is 0 Å². The number of alkyl halides is 1. The van der Waals surface area contributed by atoms with Gasteiger partial charge < -0.3 is 5.73 Å². The molecule has 1 aromatic heterocycles. The maximum Gasteiger partial charge on any atom is 0.109 e. The average molecular weight is 190 g/mol. The number of pyridine rings is 1. The summed E-state index contributed by atoms with van der Waals surface area (Å²) < 4.78 is 12.5. The largest absolute Gasteiger partial charge is 0.322 e. The molecule has 0 unspecified atom stereocenters. The first-order valence-electron chi connectivity index (χ1n) is 4.48. The van der Waals surface area contributed by atoms with Gasteiger partial charge in [-0.1, -0.05) is 18.2 Å². The third-order valence-corrected chi connectivity index (χ3v) is 2.25. The van der Waals surface area contributed by atoms with Crippen LogP contribution in [0.1, 0.15) is 11.6 Å². The summed E-state index contributed by atoms with van der Waals surface area (Å²) in [6.07, 6.45) is 1.66. The molecule has 0 saturated heterocycles. The first kappa shape index (κ1) is 9.09. The molecule has 1 heterocycles. The number of nitrogens with zero attached hydrogens (tertiary/aromatic N) is 1. The summed E-state index contributed by atoms with van der Waals surface area (Å²) in [6.45, 7) is -0.548. The maximum absolute atomic E-state index is 12.5. The van der Waals surface area contributed by atoms with Crippen LogP contribution in [0.3, 0.4) is 0 Å². The number of halogens is 1. The molecule has 0 spiro atoms. The fourth-order valence-electron chi connectivity index (χ4n) is 1.52. The van der Waals surface area contributed by atoms with Gasteiger partial charge in [-0.05, 0) is 17.7 Å². The number of nitrogens with two attached hydrogens (primary N) is 1. The van der Waals surface area contributed by atoms with Gasteiger partial charge in [0.15, 0.2) is 0 Å². The minimum absolute atomic E-state index is 0.548. The van der Waals surface area contributed by atoms with Crippen molar-refractivity contribution >= 4 is 10.9 Å². The van der Waals surface area contributed by atoms with E-state index in [1.165, 1.54) is 0 Å². The molecular weight excluding hydrogens is 179 g/mol. The predicted molar refractivity (Wildman–Crippen MR) is 54.6 cm³/mol. The molecule has 0 fully saturated rings. The Labute approximate surface area is 81.6 Å². The number of benzene rings is 1. The molecule has 3 heteroatoms. The second-order valence-electron chi connectivity index (χ2n) is 3.18. The Bertz CT molecular complexity index is 437. The Kier molecular flexibility index (Phi) is 2.41. The van der Waals surface area contributed by atoms with E-state index in [1.807, 2.05) is 24.3 Å². The van der Waals surface area contributed by atoms with E-state index in [0.717, 1.165) is 16.5 Å². The van der Waals surface area contributed by atoms with Gasteiger partial charge in [-0.3, -0.25) is 4.98 Å². The summed E-state index contributed by atoms with van der Waals surface area (Å²) in [6, 6.07) is 8.82. The van der Waals surface area contributed by atoms with E-state index >= 15 is 0 Å². The molecule has 0 amide bonds. The molecule has 0 aliphatic rings. The standard InChI is InChI=1S/C11H11FN2/c12-7-10(13)8-5-6-14-11-4-2-1-3-9(8)11/h1-6,10H,7,13H2/t10-/m1/s1. The van der Waals surface area contributed by atoms with Crippen LogP contribution in [-0.2, 0) is 0 Å². The lowest BCUT2D eigenvalue weighted by atomic mass is 10.0. The molecule has 0 aliphatic heterocycles. The smallest absolute Gasteiger partial charge is 0.109 e. The maximum atomic E-state index is 12.5. The van der Waals surface area contributed by atoms with Gasteiger partial charge in [-0.25, -0.2) is 4.39 Å². The highest BCUT2D eigenvalue weighted by molar-refractivity contribution is 5.82. The number of rotatable bonds is 2. The zero-order chi connectivity index (χ0) is 9.97. The molecule has 0 aliphatic carbocycles. The van der Waals surface area contributed by atoms with Crippen LogP contribution in [-0.4, -0.2) is 11.7 Å². The lowest BCUT2D eigenvalue weighted by molar-refractivity contribution is 0.438. The van der Waals surface area contributed by atoms with E-state index in [-0.39, 0.29) is 0 Å². The van der Waals surface area contributed by atoms with Gasteiger partial charge in [0.1, 0.15) is 6.67 Å². The number of hydrogen-bond acceptors (Lipinski definition) is 2. The Morgan fingerprint density at radius 3 is 2.86 bits per heavy atom. The van der Waals surface area contributed by atoms with Crippen LogP contribution in [0, 0.1) is 0 Å². The van der Waals surface area contributed by atoms with Crippen LogP contribution in [0.15, 0.2) is 36.5 Å². The van der Waals surface area contributed by atoms with Gasteiger partial charge in [0, 0.05) is 11.6 Å². The minimum atomic E-state index is -0.553. The van der Waals surface area contributed by atoms with Gasteiger partial charge in [0.05, 0.1) is 11.6 Å². The summed E-state index contributed by atoms with van der Waals surface area (Å²) in [4.78, 5) is 4.18. The first-order chi connectivity index (χ1) is 6.83. The zero-order valence-corrected chi connectivity index (χ0v) is 7.65. The third-order valence-electron chi connectivity index (χ3n) is 2.25. The topological polar surface area (TPSA) is 38.9 Å². The molecule has 0 radical (unpaired) electrons. The third kappa shape index (κ3) is 1.46. The molecule has 2 aromatic rings. The highest BCUT2D eigenvalue weighted by atomic mass is 19.1. The van der Waals surface area contributed by atoms with Gasteiger partial charge in [-0.15, -0.1) is 0 Å².